The van der Waals surface area contributed by atoms with E-state index in [9.17, 15) is 10.1 Å². The maximum absolute atomic E-state index is 10.9. The molecular weight excluding hydrogens is 222 g/mol. The van der Waals surface area contributed by atoms with Crippen LogP contribution in [0.4, 0.5) is 5.69 Å². The Morgan fingerprint density at radius 2 is 2.00 bits per heavy atom. The Bertz CT molecular complexity index is 444. The third-order valence-corrected chi connectivity index (χ3v) is 2.62. The number of benzene rings is 1. The van der Waals surface area contributed by atoms with Crippen molar-refractivity contribution in [2.24, 2.45) is 0 Å². The van der Waals surface area contributed by atoms with Gasteiger partial charge in [0.2, 0.25) is 0 Å². The number of nitrogens with zero attached hydrogens (tertiary/aromatic N) is 1. The van der Waals surface area contributed by atoms with E-state index in [1.807, 2.05) is 0 Å². The first-order valence-electron chi connectivity index (χ1n) is 5.33. The molecule has 1 aromatic carbocycles. The highest BCUT2D eigenvalue weighted by Gasteiger charge is 2.41. The van der Waals surface area contributed by atoms with Crippen molar-refractivity contribution in [1.82, 2.24) is 0 Å². The molecule has 1 saturated heterocycles. The lowest BCUT2D eigenvalue weighted by Gasteiger charge is -2.16. The Hall–Kier alpha value is -1.46. The Morgan fingerprint density at radius 3 is 2.53 bits per heavy atom. The predicted octanol–water partition coefficient (Wildman–Crippen LogP) is 2.62. The van der Waals surface area contributed by atoms with Gasteiger partial charge in [-0.25, -0.2) is 0 Å². The Kier molecular flexibility index (Phi) is 2.89. The number of hydrogen-bond acceptors (Lipinski definition) is 4. The summed E-state index contributed by atoms with van der Waals surface area (Å²) in [7, 11) is 0. The second kappa shape index (κ2) is 4.09. The van der Waals surface area contributed by atoms with Crippen molar-refractivity contribution < 1.29 is 14.4 Å². The van der Waals surface area contributed by atoms with Crippen LogP contribution in [-0.4, -0.2) is 16.8 Å². The van der Waals surface area contributed by atoms with E-state index in [1.165, 1.54) is 6.07 Å². The van der Waals surface area contributed by atoms with E-state index >= 15 is 0 Å². The molecule has 5 nitrogen and oxygen atoms in total. The molecule has 0 amide bonds. The SMILES string of the molecule is [CH2][C@H]1OC(C)(C)O[C@@H]1c1ccccc1[N+](=O)[O-]. The molecule has 0 saturated carbocycles. The standard InChI is InChI=1S/C12H14NO4/c1-8-11(17-12(2,3)16-8)9-6-4-5-7-10(9)13(14)15/h4-8,11H,1H2,2-3H3/t8-,11+/m1/s1. The van der Waals surface area contributed by atoms with Crippen LogP contribution in [0.5, 0.6) is 0 Å². The van der Waals surface area contributed by atoms with Gasteiger partial charge in [0, 0.05) is 6.07 Å². The number of nitro groups is 1. The van der Waals surface area contributed by atoms with E-state index in [-0.39, 0.29) is 5.69 Å². The molecule has 5 heteroatoms. The first kappa shape index (κ1) is 12.0. The van der Waals surface area contributed by atoms with Crippen LogP contribution in [0.15, 0.2) is 24.3 Å². The fourth-order valence-electron chi connectivity index (χ4n) is 1.99. The van der Waals surface area contributed by atoms with E-state index in [1.54, 1.807) is 32.0 Å². The van der Waals surface area contributed by atoms with Crippen LogP contribution in [0.3, 0.4) is 0 Å². The Balaban J connectivity index is 2.38. The maximum Gasteiger partial charge on any atom is 0.275 e. The zero-order valence-electron chi connectivity index (χ0n) is 9.75. The summed E-state index contributed by atoms with van der Waals surface area (Å²) in [6, 6.07) is 6.49. The predicted molar refractivity (Wildman–Crippen MR) is 61.2 cm³/mol. The minimum atomic E-state index is -0.763. The van der Waals surface area contributed by atoms with Gasteiger partial charge < -0.3 is 9.47 Å². The summed E-state index contributed by atoms with van der Waals surface area (Å²) in [6.07, 6.45) is -0.960. The normalized spacial score (nSPS) is 27.0. The molecule has 0 N–H and O–H groups in total. The third-order valence-electron chi connectivity index (χ3n) is 2.62. The number of hydrogen-bond donors (Lipinski definition) is 0. The second-order valence-electron chi connectivity index (χ2n) is 4.41. The lowest BCUT2D eigenvalue weighted by molar-refractivity contribution is -0.386. The van der Waals surface area contributed by atoms with Gasteiger partial charge in [-0.15, -0.1) is 0 Å². The van der Waals surface area contributed by atoms with Gasteiger partial charge in [-0.3, -0.25) is 10.1 Å². The molecular formula is C12H14NO4. The topological polar surface area (TPSA) is 61.6 Å². The molecule has 1 aromatic rings. The minimum absolute atomic E-state index is 0.0347. The van der Waals surface area contributed by atoms with Crippen LogP contribution in [-0.2, 0) is 9.47 Å². The molecule has 0 unspecified atom stereocenters. The highest BCUT2D eigenvalue weighted by atomic mass is 16.7. The largest absolute Gasteiger partial charge is 0.344 e. The molecule has 0 bridgehead atoms. The van der Waals surface area contributed by atoms with E-state index in [2.05, 4.69) is 6.92 Å². The molecule has 17 heavy (non-hydrogen) atoms. The van der Waals surface area contributed by atoms with Crippen molar-refractivity contribution in [1.29, 1.82) is 0 Å². The van der Waals surface area contributed by atoms with Crippen molar-refractivity contribution in [2.45, 2.75) is 31.8 Å². The van der Waals surface area contributed by atoms with Gasteiger partial charge in [0.25, 0.3) is 5.69 Å². The summed E-state index contributed by atoms with van der Waals surface area (Å²) in [5, 5.41) is 10.9. The highest BCUT2D eigenvalue weighted by molar-refractivity contribution is 5.42. The Labute approximate surface area is 99.5 Å². The zero-order chi connectivity index (χ0) is 12.6. The lowest BCUT2D eigenvalue weighted by atomic mass is 10.0. The van der Waals surface area contributed by atoms with Crippen LogP contribution in [0, 0.1) is 17.0 Å². The number of ether oxygens (including phenoxy) is 2. The monoisotopic (exact) mass is 236 g/mol. The second-order valence-corrected chi connectivity index (χ2v) is 4.41. The van der Waals surface area contributed by atoms with Gasteiger partial charge in [0.05, 0.1) is 16.6 Å². The minimum Gasteiger partial charge on any atom is -0.344 e. The van der Waals surface area contributed by atoms with Crippen molar-refractivity contribution in [3.8, 4) is 0 Å². The first-order chi connectivity index (χ1) is 7.91. The van der Waals surface area contributed by atoms with Crippen molar-refractivity contribution in [3.05, 3.63) is 46.9 Å². The summed E-state index contributed by atoms with van der Waals surface area (Å²) >= 11 is 0. The van der Waals surface area contributed by atoms with Crippen molar-refractivity contribution in [3.63, 3.8) is 0 Å². The van der Waals surface area contributed by atoms with Crippen LogP contribution >= 0.6 is 0 Å². The van der Waals surface area contributed by atoms with Crippen molar-refractivity contribution in [2.75, 3.05) is 0 Å². The lowest BCUT2D eigenvalue weighted by Crippen LogP contribution is -2.20. The van der Waals surface area contributed by atoms with Gasteiger partial charge in [-0.2, -0.15) is 0 Å². The summed E-state index contributed by atoms with van der Waals surface area (Å²) in [6.45, 7) is 7.35. The molecule has 1 heterocycles. The molecule has 1 aliphatic rings. The van der Waals surface area contributed by atoms with Crippen LogP contribution in [0.25, 0.3) is 0 Å². The van der Waals surface area contributed by atoms with Gasteiger partial charge in [0.15, 0.2) is 5.79 Å². The molecule has 1 aliphatic heterocycles. The molecule has 2 rings (SSSR count). The van der Waals surface area contributed by atoms with E-state index in [0.29, 0.717) is 5.56 Å². The molecule has 1 radical (unpaired) electrons. The zero-order valence-corrected chi connectivity index (χ0v) is 9.75. The molecule has 1 fully saturated rings. The van der Waals surface area contributed by atoms with Crippen LogP contribution in [0.1, 0.15) is 25.5 Å². The van der Waals surface area contributed by atoms with Gasteiger partial charge in [0.1, 0.15) is 6.10 Å². The summed E-state index contributed by atoms with van der Waals surface area (Å²) in [4.78, 5) is 10.5. The Morgan fingerprint density at radius 1 is 1.35 bits per heavy atom. The first-order valence-corrected chi connectivity index (χ1v) is 5.33. The highest BCUT2D eigenvalue weighted by Crippen LogP contribution is 2.40. The third kappa shape index (κ3) is 2.30. The van der Waals surface area contributed by atoms with E-state index in [4.69, 9.17) is 9.47 Å². The fraction of sp³-hybridized carbons (Fsp3) is 0.417. The molecule has 0 spiro atoms. The molecule has 2 atom stereocenters. The van der Waals surface area contributed by atoms with Crippen LogP contribution in [0.2, 0.25) is 0 Å². The maximum atomic E-state index is 10.9. The molecule has 0 aromatic heterocycles. The summed E-state index contributed by atoms with van der Waals surface area (Å²) in [5.74, 6) is -0.763. The number of nitro benzene ring substituents is 1. The average Bonchev–Trinajstić information content (AvgIpc) is 2.52. The summed E-state index contributed by atoms with van der Waals surface area (Å²) < 4.78 is 11.1. The van der Waals surface area contributed by atoms with E-state index < -0.39 is 22.9 Å². The number of para-hydroxylation sites is 1. The van der Waals surface area contributed by atoms with Gasteiger partial charge >= 0.3 is 0 Å². The molecule has 91 valence electrons. The van der Waals surface area contributed by atoms with Crippen LogP contribution < -0.4 is 0 Å². The number of rotatable bonds is 2. The van der Waals surface area contributed by atoms with Gasteiger partial charge in [-0.1, -0.05) is 12.1 Å². The van der Waals surface area contributed by atoms with Crippen molar-refractivity contribution >= 4 is 5.69 Å². The quantitative estimate of drug-likeness (QED) is 0.585. The molecule has 0 aliphatic carbocycles. The average molecular weight is 236 g/mol. The van der Waals surface area contributed by atoms with Gasteiger partial charge in [-0.05, 0) is 26.8 Å². The fourth-order valence-corrected chi connectivity index (χ4v) is 1.99. The summed E-state index contributed by atoms with van der Waals surface area (Å²) in [5.41, 5.74) is 0.538. The van der Waals surface area contributed by atoms with E-state index in [0.717, 1.165) is 0 Å². The smallest absolute Gasteiger partial charge is 0.275 e.